The van der Waals surface area contributed by atoms with Crippen LogP contribution in [0.1, 0.15) is 37.9 Å². The van der Waals surface area contributed by atoms with Gasteiger partial charge in [-0.1, -0.05) is 0 Å². The van der Waals surface area contributed by atoms with E-state index in [0.717, 1.165) is 25.1 Å². The third kappa shape index (κ3) is 1.64. The zero-order valence-electron chi connectivity index (χ0n) is 8.36. The maximum atomic E-state index is 11.4. The van der Waals surface area contributed by atoms with Crippen molar-refractivity contribution in [1.29, 1.82) is 0 Å². The Morgan fingerprint density at radius 2 is 2.50 bits per heavy atom. The fourth-order valence-corrected chi connectivity index (χ4v) is 2.08. The molecule has 1 N–H and O–H groups in total. The zero-order valence-corrected chi connectivity index (χ0v) is 8.36. The molecule has 0 aliphatic carbocycles. The molecule has 1 aliphatic rings. The summed E-state index contributed by atoms with van der Waals surface area (Å²) in [6.07, 6.45) is 5.09. The average molecular weight is 193 g/mol. The number of amides is 1. The lowest BCUT2D eigenvalue weighted by atomic mass is 9.99. The molecule has 4 nitrogen and oxygen atoms in total. The maximum absolute atomic E-state index is 11.4. The molecule has 0 aromatic carbocycles. The summed E-state index contributed by atoms with van der Waals surface area (Å²) in [4.78, 5) is 13.3. The van der Waals surface area contributed by atoms with Crippen LogP contribution >= 0.6 is 0 Å². The number of H-pyrrole nitrogens is 1. The summed E-state index contributed by atoms with van der Waals surface area (Å²) in [6.45, 7) is 2.51. The van der Waals surface area contributed by atoms with Gasteiger partial charge in [0.15, 0.2) is 0 Å². The van der Waals surface area contributed by atoms with Crippen molar-refractivity contribution in [2.45, 2.75) is 32.2 Å². The van der Waals surface area contributed by atoms with Crippen molar-refractivity contribution in [2.24, 2.45) is 0 Å². The van der Waals surface area contributed by atoms with Gasteiger partial charge in [-0.15, -0.1) is 0 Å². The fraction of sp³-hybridized carbons (Fsp3) is 0.600. The maximum Gasteiger partial charge on any atom is 0.220 e. The molecule has 14 heavy (non-hydrogen) atoms. The summed E-state index contributed by atoms with van der Waals surface area (Å²) in [6, 6.07) is 2.16. The van der Waals surface area contributed by atoms with Crippen LogP contribution in [0.25, 0.3) is 0 Å². The van der Waals surface area contributed by atoms with E-state index in [2.05, 4.69) is 10.2 Å². The molecule has 76 valence electrons. The second kappa shape index (κ2) is 3.82. The zero-order chi connectivity index (χ0) is 9.97. The SMILES string of the molecule is CC(=O)N1CCCC[C@@H]1c1ccn[nH]1. The minimum absolute atomic E-state index is 0.157. The minimum Gasteiger partial charge on any atom is -0.334 e. The fourth-order valence-electron chi connectivity index (χ4n) is 2.08. The molecule has 0 radical (unpaired) electrons. The smallest absolute Gasteiger partial charge is 0.220 e. The van der Waals surface area contributed by atoms with Crippen LogP contribution in [0.4, 0.5) is 0 Å². The van der Waals surface area contributed by atoms with Crippen molar-refractivity contribution in [3.63, 3.8) is 0 Å². The van der Waals surface area contributed by atoms with Gasteiger partial charge < -0.3 is 4.90 Å². The molecule has 0 unspecified atom stereocenters. The molecule has 1 aromatic heterocycles. The Hall–Kier alpha value is -1.32. The number of nitrogens with zero attached hydrogens (tertiary/aromatic N) is 2. The summed E-state index contributed by atoms with van der Waals surface area (Å²) >= 11 is 0. The predicted molar refractivity (Wildman–Crippen MR) is 52.6 cm³/mol. The van der Waals surface area contributed by atoms with Gasteiger partial charge in [0.2, 0.25) is 5.91 Å². The molecule has 2 rings (SSSR count). The molecule has 2 heterocycles. The molecule has 0 bridgehead atoms. The number of aromatic amines is 1. The highest BCUT2D eigenvalue weighted by Gasteiger charge is 2.26. The van der Waals surface area contributed by atoms with E-state index in [0.29, 0.717) is 0 Å². The van der Waals surface area contributed by atoms with Crippen LogP contribution in [-0.4, -0.2) is 27.5 Å². The van der Waals surface area contributed by atoms with Gasteiger partial charge in [-0.2, -0.15) is 5.10 Å². The topological polar surface area (TPSA) is 49.0 Å². The van der Waals surface area contributed by atoms with E-state index in [1.165, 1.54) is 6.42 Å². The number of piperidine rings is 1. The van der Waals surface area contributed by atoms with Crippen molar-refractivity contribution in [3.8, 4) is 0 Å². The first kappa shape index (κ1) is 9.24. The molecule has 1 saturated heterocycles. The van der Waals surface area contributed by atoms with E-state index in [9.17, 15) is 4.79 Å². The Kier molecular flexibility index (Phi) is 2.52. The molecule has 1 fully saturated rings. The highest BCUT2D eigenvalue weighted by atomic mass is 16.2. The molecular formula is C10H15N3O. The summed E-state index contributed by atoms with van der Waals surface area (Å²) in [5.41, 5.74) is 1.06. The summed E-state index contributed by atoms with van der Waals surface area (Å²) in [5.74, 6) is 0.157. The first-order chi connectivity index (χ1) is 6.79. The number of rotatable bonds is 1. The molecule has 1 aliphatic heterocycles. The lowest BCUT2D eigenvalue weighted by Crippen LogP contribution is -2.37. The van der Waals surface area contributed by atoms with Gasteiger partial charge in [0.1, 0.15) is 0 Å². The molecule has 4 heteroatoms. The highest BCUT2D eigenvalue weighted by Crippen LogP contribution is 2.29. The number of carbonyl (C=O) groups excluding carboxylic acids is 1. The van der Waals surface area contributed by atoms with E-state index < -0.39 is 0 Å². The number of hydrogen-bond acceptors (Lipinski definition) is 2. The van der Waals surface area contributed by atoms with Gasteiger partial charge in [0, 0.05) is 19.7 Å². The highest BCUT2D eigenvalue weighted by molar-refractivity contribution is 5.73. The van der Waals surface area contributed by atoms with E-state index >= 15 is 0 Å². The second-order valence-electron chi connectivity index (χ2n) is 3.74. The first-order valence-electron chi connectivity index (χ1n) is 5.05. The summed E-state index contributed by atoms with van der Waals surface area (Å²) in [5, 5.41) is 6.88. The predicted octanol–water partition coefficient (Wildman–Crippen LogP) is 1.48. The van der Waals surface area contributed by atoms with Crippen LogP contribution in [0.5, 0.6) is 0 Å². The molecule has 1 amide bonds. The number of aromatic nitrogens is 2. The Morgan fingerprint density at radius 1 is 1.64 bits per heavy atom. The molecule has 0 saturated carbocycles. The van der Waals surface area contributed by atoms with E-state index in [1.54, 1.807) is 13.1 Å². The van der Waals surface area contributed by atoms with Crippen LogP contribution in [0.2, 0.25) is 0 Å². The lowest BCUT2D eigenvalue weighted by Gasteiger charge is -2.34. The van der Waals surface area contributed by atoms with Gasteiger partial charge in [-0.05, 0) is 25.3 Å². The summed E-state index contributed by atoms with van der Waals surface area (Å²) < 4.78 is 0. The molecule has 1 aromatic rings. The largest absolute Gasteiger partial charge is 0.334 e. The minimum atomic E-state index is 0.157. The Labute approximate surface area is 83.3 Å². The van der Waals surface area contributed by atoms with Crippen molar-refractivity contribution >= 4 is 5.91 Å². The Bertz CT molecular complexity index is 307. The van der Waals surface area contributed by atoms with Crippen molar-refractivity contribution in [1.82, 2.24) is 15.1 Å². The monoisotopic (exact) mass is 193 g/mol. The number of hydrogen-bond donors (Lipinski definition) is 1. The average Bonchev–Trinajstić information content (AvgIpc) is 2.70. The first-order valence-corrected chi connectivity index (χ1v) is 5.05. The van der Waals surface area contributed by atoms with E-state index in [-0.39, 0.29) is 11.9 Å². The van der Waals surface area contributed by atoms with Gasteiger partial charge in [0.25, 0.3) is 0 Å². The van der Waals surface area contributed by atoms with Crippen LogP contribution in [0.15, 0.2) is 12.3 Å². The Balaban J connectivity index is 2.18. The van der Waals surface area contributed by atoms with Crippen LogP contribution < -0.4 is 0 Å². The van der Waals surface area contributed by atoms with Crippen LogP contribution in [0, 0.1) is 0 Å². The van der Waals surface area contributed by atoms with Gasteiger partial charge in [-0.25, -0.2) is 0 Å². The Morgan fingerprint density at radius 3 is 3.14 bits per heavy atom. The second-order valence-corrected chi connectivity index (χ2v) is 3.74. The third-order valence-electron chi connectivity index (χ3n) is 2.79. The number of nitrogens with one attached hydrogen (secondary N) is 1. The van der Waals surface area contributed by atoms with Gasteiger partial charge in [0.05, 0.1) is 11.7 Å². The van der Waals surface area contributed by atoms with E-state index in [1.807, 2.05) is 11.0 Å². The number of likely N-dealkylation sites (tertiary alicyclic amines) is 1. The normalized spacial score (nSPS) is 22.4. The molecular weight excluding hydrogens is 178 g/mol. The van der Waals surface area contributed by atoms with Crippen molar-refractivity contribution in [2.75, 3.05) is 6.54 Å². The third-order valence-corrected chi connectivity index (χ3v) is 2.79. The van der Waals surface area contributed by atoms with Gasteiger partial charge in [-0.3, -0.25) is 9.89 Å². The van der Waals surface area contributed by atoms with Gasteiger partial charge >= 0.3 is 0 Å². The number of carbonyl (C=O) groups is 1. The van der Waals surface area contributed by atoms with Crippen molar-refractivity contribution in [3.05, 3.63) is 18.0 Å². The van der Waals surface area contributed by atoms with Crippen molar-refractivity contribution < 1.29 is 4.79 Å². The van der Waals surface area contributed by atoms with Crippen LogP contribution in [0.3, 0.4) is 0 Å². The van der Waals surface area contributed by atoms with E-state index in [4.69, 9.17) is 0 Å². The van der Waals surface area contributed by atoms with Crippen LogP contribution in [-0.2, 0) is 4.79 Å². The lowest BCUT2D eigenvalue weighted by molar-refractivity contribution is -0.132. The molecule has 0 spiro atoms. The standard InChI is InChI=1S/C10H15N3O/c1-8(14)13-7-3-2-4-10(13)9-5-6-11-12-9/h5-6,10H,2-4,7H2,1H3,(H,11,12)/t10-/m1/s1. The summed E-state index contributed by atoms with van der Waals surface area (Å²) in [7, 11) is 0. The quantitative estimate of drug-likeness (QED) is 0.734. The molecule has 1 atom stereocenters.